The van der Waals surface area contributed by atoms with E-state index in [1.807, 2.05) is 6.20 Å². The SMILES string of the molecule is CCCNC(C)c1cccnc1N1C(C)CCC1CC. The molecule has 1 aliphatic heterocycles. The lowest BCUT2D eigenvalue weighted by molar-refractivity contribution is 0.558. The number of nitrogens with one attached hydrogen (secondary N) is 1. The molecule has 1 fully saturated rings. The van der Waals surface area contributed by atoms with Gasteiger partial charge in [-0.3, -0.25) is 0 Å². The van der Waals surface area contributed by atoms with Crippen molar-refractivity contribution in [3.8, 4) is 0 Å². The van der Waals surface area contributed by atoms with E-state index >= 15 is 0 Å². The summed E-state index contributed by atoms with van der Waals surface area (Å²) in [6.45, 7) is 10.1. The van der Waals surface area contributed by atoms with E-state index in [1.165, 1.54) is 30.6 Å². The summed E-state index contributed by atoms with van der Waals surface area (Å²) in [5.74, 6) is 1.19. The van der Waals surface area contributed by atoms with Crippen LogP contribution in [0.3, 0.4) is 0 Å². The summed E-state index contributed by atoms with van der Waals surface area (Å²) in [5, 5.41) is 3.59. The summed E-state index contributed by atoms with van der Waals surface area (Å²) < 4.78 is 0. The van der Waals surface area contributed by atoms with Crippen molar-refractivity contribution in [2.45, 2.75) is 71.5 Å². The van der Waals surface area contributed by atoms with Crippen LogP contribution in [0.4, 0.5) is 5.82 Å². The zero-order valence-electron chi connectivity index (χ0n) is 13.4. The fraction of sp³-hybridized carbons (Fsp3) is 0.706. The quantitative estimate of drug-likeness (QED) is 0.853. The average Bonchev–Trinajstić information content (AvgIpc) is 2.85. The van der Waals surface area contributed by atoms with Crippen LogP contribution in [0.1, 0.15) is 65.0 Å². The third-order valence-corrected chi connectivity index (χ3v) is 4.49. The van der Waals surface area contributed by atoms with Gasteiger partial charge in [0, 0.05) is 29.9 Å². The van der Waals surface area contributed by atoms with Crippen LogP contribution in [0.25, 0.3) is 0 Å². The first kappa shape index (κ1) is 15.3. The maximum absolute atomic E-state index is 4.72. The lowest BCUT2D eigenvalue weighted by Crippen LogP contribution is -2.36. The van der Waals surface area contributed by atoms with Gasteiger partial charge in [0.15, 0.2) is 0 Å². The molecule has 0 bridgehead atoms. The van der Waals surface area contributed by atoms with Crippen molar-refractivity contribution in [3.05, 3.63) is 23.9 Å². The number of hydrogen-bond donors (Lipinski definition) is 1. The molecule has 1 N–H and O–H groups in total. The molecule has 2 heterocycles. The lowest BCUT2D eigenvalue weighted by Gasteiger charge is -2.32. The third kappa shape index (κ3) is 3.14. The lowest BCUT2D eigenvalue weighted by atomic mass is 10.1. The highest BCUT2D eigenvalue weighted by Gasteiger charge is 2.32. The van der Waals surface area contributed by atoms with Crippen molar-refractivity contribution in [1.29, 1.82) is 0 Å². The number of anilines is 1. The zero-order valence-corrected chi connectivity index (χ0v) is 13.4. The molecular weight excluding hydrogens is 246 g/mol. The normalized spacial score (nSPS) is 24.1. The highest BCUT2D eigenvalue weighted by atomic mass is 15.3. The Labute approximate surface area is 123 Å². The molecule has 0 aromatic carbocycles. The molecule has 1 aliphatic rings. The summed E-state index contributed by atoms with van der Waals surface area (Å²) in [6.07, 6.45) is 6.88. The molecule has 3 atom stereocenters. The van der Waals surface area contributed by atoms with Crippen LogP contribution < -0.4 is 10.2 Å². The number of hydrogen-bond acceptors (Lipinski definition) is 3. The first-order chi connectivity index (χ1) is 9.69. The van der Waals surface area contributed by atoms with E-state index < -0.39 is 0 Å². The number of nitrogens with zero attached hydrogens (tertiary/aromatic N) is 2. The molecule has 3 nitrogen and oxygen atoms in total. The second-order valence-electron chi connectivity index (χ2n) is 5.99. The second kappa shape index (κ2) is 7.07. The van der Waals surface area contributed by atoms with Crippen LogP contribution in [-0.2, 0) is 0 Å². The predicted octanol–water partition coefficient (Wildman–Crippen LogP) is 3.91. The van der Waals surface area contributed by atoms with Gasteiger partial charge in [-0.05, 0) is 52.1 Å². The average molecular weight is 275 g/mol. The molecule has 3 unspecified atom stereocenters. The number of rotatable bonds is 6. The Balaban J connectivity index is 2.26. The van der Waals surface area contributed by atoms with E-state index in [1.54, 1.807) is 0 Å². The molecular formula is C17H29N3. The van der Waals surface area contributed by atoms with Crippen LogP contribution >= 0.6 is 0 Å². The maximum atomic E-state index is 4.72. The van der Waals surface area contributed by atoms with Crippen LogP contribution in [0.2, 0.25) is 0 Å². The molecule has 3 heteroatoms. The van der Waals surface area contributed by atoms with E-state index in [0.29, 0.717) is 18.1 Å². The highest BCUT2D eigenvalue weighted by molar-refractivity contribution is 5.51. The van der Waals surface area contributed by atoms with E-state index in [2.05, 4.69) is 50.0 Å². The van der Waals surface area contributed by atoms with Gasteiger partial charge in [-0.15, -0.1) is 0 Å². The van der Waals surface area contributed by atoms with Crippen LogP contribution in [0.15, 0.2) is 18.3 Å². The summed E-state index contributed by atoms with van der Waals surface area (Å²) in [4.78, 5) is 7.28. The molecule has 1 aromatic heterocycles. The summed E-state index contributed by atoms with van der Waals surface area (Å²) >= 11 is 0. The minimum atomic E-state index is 0.365. The van der Waals surface area contributed by atoms with E-state index in [0.717, 1.165) is 13.0 Å². The van der Waals surface area contributed by atoms with Crippen LogP contribution in [-0.4, -0.2) is 23.6 Å². The van der Waals surface area contributed by atoms with Crippen molar-refractivity contribution in [3.63, 3.8) is 0 Å². The summed E-state index contributed by atoms with van der Waals surface area (Å²) in [6, 6.07) is 5.91. The topological polar surface area (TPSA) is 28.2 Å². The molecule has 2 rings (SSSR count). The van der Waals surface area contributed by atoms with Gasteiger partial charge in [0.1, 0.15) is 5.82 Å². The number of pyridine rings is 1. The maximum Gasteiger partial charge on any atom is 0.133 e. The van der Waals surface area contributed by atoms with Crippen molar-refractivity contribution in [1.82, 2.24) is 10.3 Å². The van der Waals surface area contributed by atoms with Crippen LogP contribution in [0.5, 0.6) is 0 Å². The Morgan fingerprint density at radius 2 is 2.20 bits per heavy atom. The van der Waals surface area contributed by atoms with Gasteiger partial charge in [-0.1, -0.05) is 19.9 Å². The molecule has 112 valence electrons. The van der Waals surface area contributed by atoms with Crippen molar-refractivity contribution < 1.29 is 0 Å². The third-order valence-electron chi connectivity index (χ3n) is 4.49. The Kier molecular flexibility index (Phi) is 5.41. The monoisotopic (exact) mass is 275 g/mol. The first-order valence-electron chi connectivity index (χ1n) is 8.15. The summed E-state index contributed by atoms with van der Waals surface area (Å²) in [5.41, 5.74) is 1.34. The minimum absolute atomic E-state index is 0.365. The Morgan fingerprint density at radius 1 is 1.40 bits per heavy atom. The Morgan fingerprint density at radius 3 is 2.90 bits per heavy atom. The molecule has 0 aliphatic carbocycles. The highest BCUT2D eigenvalue weighted by Crippen LogP contribution is 2.34. The fourth-order valence-electron chi connectivity index (χ4n) is 3.29. The first-order valence-corrected chi connectivity index (χ1v) is 8.15. The standard InChI is InChI=1S/C17H29N3/c1-5-11-18-14(4)16-8-7-12-19-17(16)20-13(3)9-10-15(20)6-2/h7-8,12-15,18H,5-6,9-11H2,1-4H3. The van der Waals surface area contributed by atoms with Crippen molar-refractivity contribution in [2.24, 2.45) is 0 Å². The Bertz CT molecular complexity index is 418. The molecule has 0 radical (unpaired) electrons. The zero-order chi connectivity index (χ0) is 14.5. The fourth-order valence-corrected chi connectivity index (χ4v) is 3.29. The van der Waals surface area contributed by atoms with Gasteiger partial charge >= 0.3 is 0 Å². The van der Waals surface area contributed by atoms with Crippen LogP contribution in [0, 0.1) is 0 Å². The van der Waals surface area contributed by atoms with Gasteiger partial charge in [0.2, 0.25) is 0 Å². The van der Waals surface area contributed by atoms with Gasteiger partial charge in [0.25, 0.3) is 0 Å². The summed E-state index contributed by atoms with van der Waals surface area (Å²) in [7, 11) is 0. The van der Waals surface area contributed by atoms with Gasteiger partial charge in [-0.2, -0.15) is 0 Å². The smallest absolute Gasteiger partial charge is 0.133 e. The minimum Gasteiger partial charge on any atom is -0.351 e. The Hall–Kier alpha value is -1.09. The van der Waals surface area contributed by atoms with Crippen molar-refractivity contribution in [2.75, 3.05) is 11.4 Å². The molecule has 20 heavy (non-hydrogen) atoms. The number of aromatic nitrogens is 1. The molecule has 1 saturated heterocycles. The molecule has 1 aromatic rings. The van der Waals surface area contributed by atoms with Gasteiger partial charge in [-0.25, -0.2) is 4.98 Å². The van der Waals surface area contributed by atoms with E-state index in [9.17, 15) is 0 Å². The second-order valence-corrected chi connectivity index (χ2v) is 5.99. The molecule has 0 amide bonds. The predicted molar refractivity (Wildman–Crippen MR) is 86.2 cm³/mol. The van der Waals surface area contributed by atoms with Gasteiger partial charge < -0.3 is 10.2 Å². The molecule has 0 spiro atoms. The van der Waals surface area contributed by atoms with Gasteiger partial charge in [0.05, 0.1) is 0 Å². The molecule has 0 saturated carbocycles. The van der Waals surface area contributed by atoms with E-state index in [4.69, 9.17) is 4.98 Å². The van der Waals surface area contributed by atoms with Crippen molar-refractivity contribution >= 4 is 5.82 Å². The largest absolute Gasteiger partial charge is 0.351 e. The van der Waals surface area contributed by atoms with E-state index in [-0.39, 0.29) is 0 Å².